The van der Waals surface area contributed by atoms with E-state index < -0.39 is 0 Å². The minimum absolute atomic E-state index is 0.165. The van der Waals surface area contributed by atoms with Crippen LogP contribution in [0.4, 0.5) is 17.1 Å². The molecule has 316 valence electrons. The highest BCUT2D eigenvalue weighted by Crippen LogP contribution is 2.54. The maximum atomic E-state index is 6.90. The lowest BCUT2D eigenvalue weighted by Crippen LogP contribution is -2.14. The largest absolute Gasteiger partial charge is 0.456 e. The summed E-state index contributed by atoms with van der Waals surface area (Å²) in [5.74, 6) is 0.987. The number of aromatic nitrogens is 1. The lowest BCUT2D eigenvalue weighted by atomic mass is 9.81. The van der Waals surface area contributed by atoms with E-state index in [0.717, 1.165) is 28.4 Å². The maximum Gasteiger partial charge on any atom is 0.139 e. The lowest BCUT2D eigenvalue weighted by molar-refractivity contribution is 0.619. The third-order valence-electron chi connectivity index (χ3n) is 14.4. The molecule has 0 atom stereocenters. The van der Waals surface area contributed by atoms with E-state index in [2.05, 4.69) is 242 Å². The number of rotatable bonds is 6. The summed E-state index contributed by atoms with van der Waals surface area (Å²) in [6, 6.07) is 80.0. The van der Waals surface area contributed by atoms with Crippen LogP contribution in [0.15, 0.2) is 223 Å². The molecule has 10 aromatic carbocycles. The van der Waals surface area contributed by atoms with E-state index in [4.69, 9.17) is 4.42 Å². The minimum Gasteiger partial charge on any atom is -0.456 e. The fraction of sp³-hybridized carbons (Fsp3) is 0.0476. The molecule has 3 aromatic heterocycles. The average Bonchev–Trinajstić information content (AvgIpc) is 4.11. The zero-order valence-electron chi connectivity index (χ0n) is 37.0. The molecule has 0 spiro atoms. The molecule has 0 saturated carbocycles. The Morgan fingerprint density at radius 3 is 1.90 bits per heavy atom. The molecule has 0 fully saturated rings. The Kier molecular flexibility index (Phi) is 8.20. The second-order valence-electron chi connectivity index (χ2n) is 18.4. The standard InChI is InChI=1S/C63H42N2OS/c1-63(2)53-24-9-5-21-51(53)61-60(63)52-36-34-43(38-58(52)66-61)64(42-32-29-40(30-33-42)45-22-13-16-39-15-3-4-17-44(39)45)57-28-14-23-50-49-35-31-41(37-59(49)67-62(50)57)46-18-6-10-25-54(46)65-55-26-11-7-19-47(55)48-20-8-12-27-56(48)65/h3-38H,1-2H3. The van der Waals surface area contributed by atoms with E-state index in [-0.39, 0.29) is 5.41 Å². The zero-order valence-corrected chi connectivity index (χ0v) is 37.8. The van der Waals surface area contributed by atoms with E-state index in [1.807, 2.05) is 11.3 Å². The number of hydrogen-bond acceptors (Lipinski definition) is 3. The van der Waals surface area contributed by atoms with Gasteiger partial charge in [-0.25, -0.2) is 0 Å². The normalized spacial score (nSPS) is 13.0. The number of thiophene rings is 1. The molecule has 0 radical (unpaired) electrons. The van der Waals surface area contributed by atoms with Crippen LogP contribution >= 0.6 is 11.3 Å². The van der Waals surface area contributed by atoms with Crippen molar-refractivity contribution in [2.75, 3.05) is 4.90 Å². The van der Waals surface area contributed by atoms with Gasteiger partial charge < -0.3 is 13.9 Å². The van der Waals surface area contributed by atoms with Crippen LogP contribution in [0, 0.1) is 0 Å². The quantitative estimate of drug-likeness (QED) is 0.166. The number of hydrogen-bond donors (Lipinski definition) is 0. The Morgan fingerprint density at radius 1 is 0.463 bits per heavy atom. The molecule has 67 heavy (non-hydrogen) atoms. The summed E-state index contributed by atoms with van der Waals surface area (Å²) >= 11 is 1.87. The van der Waals surface area contributed by atoms with Crippen molar-refractivity contribution in [2.24, 2.45) is 0 Å². The molecule has 0 saturated heterocycles. The summed E-state index contributed by atoms with van der Waals surface area (Å²) in [6.45, 7) is 4.64. The van der Waals surface area contributed by atoms with E-state index in [1.54, 1.807) is 0 Å². The van der Waals surface area contributed by atoms with E-state index in [1.165, 1.54) is 103 Å². The Labute approximate surface area is 392 Å². The second-order valence-corrected chi connectivity index (χ2v) is 19.5. The summed E-state index contributed by atoms with van der Waals surface area (Å²) in [5, 5.41) is 8.68. The number of fused-ring (bicyclic) bond motifs is 12. The summed E-state index contributed by atoms with van der Waals surface area (Å²) in [6.07, 6.45) is 0. The first-order chi connectivity index (χ1) is 33.0. The fourth-order valence-electron chi connectivity index (χ4n) is 11.3. The van der Waals surface area contributed by atoms with Crippen molar-refractivity contribution < 1.29 is 4.42 Å². The minimum atomic E-state index is -0.165. The predicted octanol–water partition coefficient (Wildman–Crippen LogP) is 18.2. The van der Waals surface area contributed by atoms with Crippen LogP contribution in [0.2, 0.25) is 0 Å². The Hall–Kier alpha value is -8.18. The van der Waals surface area contributed by atoms with Crippen molar-refractivity contribution in [2.45, 2.75) is 19.3 Å². The third kappa shape index (κ3) is 5.63. The molecule has 0 bridgehead atoms. The number of anilines is 3. The Morgan fingerprint density at radius 2 is 1.07 bits per heavy atom. The average molecular weight is 875 g/mol. The zero-order chi connectivity index (χ0) is 44.4. The molecular weight excluding hydrogens is 833 g/mol. The van der Waals surface area contributed by atoms with Crippen LogP contribution in [-0.4, -0.2) is 4.57 Å². The first-order valence-corrected chi connectivity index (χ1v) is 23.9. The molecule has 3 heterocycles. The van der Waals surface area contributed by atoms with Gasteiger partial charge in [-0.05, 0) is 87.6 Å². The summed E-state index contributed by atoms with van der Waals surface area (Å²) < 4.78 is 11.8. The van der Waals surface area contributed by atoms with Crippen LogP contribution in [0.1, 0.15) is 25.0 Å². The molecule has 0 aliphatic heterocycles. The summed E-state index contributed by atoms with van der Waals surface area (Å²) in [5.41, 5.74) is 16.2. The molecule has 1 aliphatic carbocycles. The number of nitrogens with zero attached hydrogens (tertiary/aromatic N) is 2. The van der Waals surface area contributed by atoms with Crippen molar-refractivity contribution in [1.82, 2.24) is 4.57 Å². The van der Waals surface area contributed by atoms with Gasteiger partial charge in [-0.3, -0.25) is 0 Å². The van der Waals surface area contributed by atoms with Gasteiger partial charge in [0.15, 0.2) is 0 Å². The maximum absolute atomic E-state index is 6.90. The molecule has 3 nitrogen and oxygen atoms in total. The molecule has 1 aliphatic rings. The number of para-hydroxylation sites is 3. The van der Waals surface area contributed by atoms with E-state index in [0.29, 0.717) is 0 Å². The van der Waals surface area contributed by atoms with Gasteiger partial charge in [-0.2, -0.15) is 0 Å². The van der Waals surface area contributed by atoms with Gasteiger partial charge in [0.1, 0.15) is 11.3 Å². The molecule has 13 aromatic rings. The van der Waals surface area contributed by atoms with E-state index in [9.17, 15) is 0 Å². The monoisotopic (exact) mass is 874 g/mol. The summed E-state index contributed by atoms with van der Waals surface area (Å²) in [4.78, 5) is 2.43. The topological polar surface area (TPSA) is 21.3 Å². The van der Waals surface area contributed by atoms with Crippen LogP contribution in [0.25, 0.3) is 103 Å². The summed E-state index contributed by atoms with van der Waals surface area (Å²) in [7, 11) is 0. The SMILES string of the molecule is CC1(C)c2ccccc2-c2oc3cc(N(c4ccc(-c5cccc6ccccc56)cc4)c4cccc5c4sc4cc(-c6ccccc6-n6c7ccccc7c7ccccc76)ccc45)ccc3c21. The van der Waals surface area contributed by atoms with Crippen LogP contribution < -0.4 is 4.90 Å². The Bertz CT molecular complexity index is 4090. The third-order valence-corrected chi connectivity index (χ3v) is 15.6. The van der Waals surface area contributed by atoms with Crippen LogP contribution in [0.5, 0.6) is 0 Å². The lowest BCUT2D eigenvalue weighted by Gasteiger charge is -2.26. The van der Waals surface area contributed by atoms with Gasteiger partial charge in [0.25, 0.3) is 0 Å². The van der Waals surface area contributed by atoms with Crippen molar-refractivity contribution in [3.8, 4) is 39.3 Å². The van der Waals surface area contributed by atoms with Crippen molar-refractivity contribution in [3.63, 3.8) is 0 Å². The van der Waals surface area contributed by atoms with Gasteiger partial charge in [0, 0.05) is 71.2 Å². The van der Waals surface area contributed by atoms with Gasteiger partial charge in [0.05, 0.1) is 27.1 Å². The molecular formula is C63H42N2OS. The number of benzene rings is 10. The highest BCUT2D eigenvalue weighted by atomic mass is 32.1. The molecule has 0 unspecified atom stereocenters. The highest BCUT2D eigenvalue weighted by molar-refractivity contribution is 7.26. The van der Waals surface area contributed by atoms with E-state index >= 15 is 0 Å². The molecule has 0 N–H and O–H groups in total. The first-order valence-electron chi connectivity index (χ1n) is 23.1. The van der Waals surface area contributed by atoms with Crippen LogP contribution in [0.3, 0.4) is 0 Å². The van der Waals surface area contributed by atoms with Crippen molar-refractivity contribution in [1.29, 1.82) is 0 Å². The predicted molar refractivity (Wildman–Crippen MR) is 284 cm³/mol. The second kappa shape index (κ2) is 14.4. The van der Waals surface area contributed by atoms with Gasteiger partial charge in [-0.15, -0.1) is 11.3 Å². The highest BCUT2D eigenvalue weighted by Gasteiger charge is 2.40. The van der Waals surface area contributed by atoms with Crippen molar-refractivity contribution in [3.05, 3.63) is 230 Å². The van der Waals surface area contributed by atoms with Gasteiger partial charge in [-0.1, -0.05) is 172 Å². The molecule has 0 amide bonds. The molecule has 14 rings (SSSR count). The van der Waals surface area contributed by atoms with Crippen molar-refractivity contribution >= 4 is 92.1 Å². The molecule has 4 heteroatoms. The van der Waals surface area contributed by atoms with Crippen LogP contribution in [-0.2, 0) is 5.41 Å². The number of furan rings is 1. The fourth-order valence-corrected chi connectivity index (χ4v) is 12.6. The Balaban J connectivity index is 0.939. The smallest absolute Gasteiger partial charge is 0.139 e. The van der Waals surface area contributed by atoms with Gasteiger partial charge >= 0.3 is 0 Å². The van der Waals surface area contributed by atoms with Gasteiger partial charge in [0.2, 0.25) is 0 Å². The first kappa shape index (κ1) is 38.1.